The highest BCUT2D eigenvalue weighted by Crippen LogP contribution is 2.21. The van der Waals surface area contributed by atoms with Gasteiger partial charge in [0.25, 0.3) is 0 Å². The van der Waals surface area contributed by atoms with E-state index >= 15 is 0 Å². The summed E-state index contributed by atoms with van der Waals surface area (Å²) in [7, 11) is 1.26. The first-order chi connectivity index (χ1) is 13.8. The van der Waals surface area contributed by atoms with E-state index < -0.39 is 41.9 Å². The van der Waals surface area contributed by atoms with Crippen molar-refractivity contribution in [1.82, 2.24) is 20.9 Å². The second-order valence-corrected chi connectivity index (χ2v) is 8.89. The summed E-state index contributed by atoms with van der Waals surface area (Å²) < 4.78 is 10.1. The maximum absolute atomic E-state index is 12.6. The first-order valence-corrected chi connectivity index (χ1v) is 10.3. The van der Waals surface area contributed by atoms with Crippen molar-refractivity contribution >= 4 is 24.0 Å². The van der Waals surface area contributed by atoms with Crippen molar-refractivity contribution < 1.29 is 28.7 Å². The third-order valence-electron chi connectivity index (χ3n) is 4.39. The molecule has 1 aliphatic rings. The smallest absolute Gasteiger partial charge is 0.410 e. The van der Waals surface area contributed by atoms with Gasteiger partial charge in [0.05, 0.1) is 7.11 Å². The summed E-state index contributed by atoms with van der Waals surface area (Å²) in [6, 6.07) is -2.04. The molecule has 0 spiro atoms. The van der Waals surface area contributed by atoms with Gasteiger partial charge in [-0.05, 0) is 52.9 Å². The van der Waals surface area contributed by atoms with E-state index in [0.717, 1.165) is 0 Å². The fraction of sp³-hybridized carbons (Fsp3) is 0.800. The number of nitrogens with one attached hydrogen (secondary N) is 3. The van der Waals surface area contributed by atoms with Crippen LogP contribution >= 0.6 is 0 Å². The molecule has 0 aromatic heterocycles. The first-order valence-electron chi connectivity index (χ1n) is 10.3. The van der Waals surface area contributed by atoms with Crippen LogP contribution in [0.4, 0.5) is 9.59 Å². The number of esters is 1. The Bertz CT molecular complexity index is 631. The summed E-state index contributed by atoms with van der Waals surface area (Å²) >= 11 is 0. The number of ether oxygens (including phenoxy) is 2. The molecule has 0 aromatic carbocycles. The molecule has 0 radical (unpaired) electrons. The molecule has 1 saturated heterocycles. The number of methoxy groups -OCH3 is 1. The largest absolute Gasteiger partial charge is 0.467 e. The Kier molecular flexibility index (Phi) is 9.38. The lowest BCUT2D eigenvalue weighted by Gasteiger charge is -2.29. The number of carbonyl (C=O) groups excluding carboxylic acids is 4. The van der Waals surface area contributed by atoms with Gasteiger partial charge in [-0.2, -0.15) is 0 Å². The lowest BCUT2D eigenvalue weighted by atomic mass is 10.0. The number of amides is 4. The van der Waals surface area contributed by atoms with E-state index in [0.29, 0.717) is 25.8 Å². The van der Waals surface area contributed by atoms with Crippen LogP contribution in [0.5, 0.6) is 0 Å². The molecule has 172 valence electrons. The molecule has 10 heteroatoms. The normalized spacial score (nSPS) is 18.4. The standard InChI is InChI=1S/C20H36N4O6/c1-12(2)11-14(17(26)29-7)23-18(27)22-13(3)21-16(25)15-9-8-10-24(15)19(28)30-20(4,5)6/h12-15H,8-11H2,1-7H3,(H,21,25)(H2,22,23,27)/t13-,14-,15-/m0/s1. The minimum Gasteiger partial charge on any atom is -0.467 e. The van der Waals surface area contributed by atoms with E-state index in [1.807, 2.05) is 13.8 Å². The summed E-state index contributed by atoms with van der Waals surface area (Å²) in [5.41, 5.74) is -0.653. The van der Waals surface area contributed by atoms with Crippen molar-refractivity contribution in [3.63, 3.8) is 0 Å². The number of hydrogen-bond donors (Lipinski definition) is 3. The second-order valence-electron chi connectivity index (χ2n) is 8.89. The predicted molar refractivity (Wildman–Crippen MR) is 110 cm³/mol. The number of rotatable bonds is 7. The molecule has 4 amide bonds. The van der Waals surface area contributed by atoms with Crippen LogP contribution in [-0.4, -0.2) is 66.4 Å². The summed E-state index contributed by atoms with van der Waals surface area (Å²) in [4.78, 5) is 50.4. The average Bonchev–Trinajstić information content (AvgIpc) is 3.08. The SMILES string of the molecule is COC(=O)[C@H](CC(C)C)NC(=O)N[C@@H](C)NC(=O)[C@@H]1CCCN1C(=O)OC(C)(C)C. The molecular weight excluding hydrogens is 392 g/mol. The van der Waals surface area contributed by atoms with Gasteiger partial charge in [0.2, 0.25) is 5.91 Å². The minimum atomic E-state index is -0.782. The Morgan fingerprint density at radius 2 is 1.70 bits per heavy atom. The van der Waals surface area contributed by atoms with Crippen molar-refractivity contribution in [3.8, 4) is 0 Å². The van der Waals surface area contributed by atoms with Crippen LogP contribution in [0.1, 0.15) is 60.8 Å². The molecule has 3 atom stereocenters. The fourth-order valence-electron chi connectivity index (χ4n) is 3.15. The van der Waals surface area contributed by atoms with E-state index in [9.17, 15) is 19.2 Å². The molecule has 0 unspecified atom stereocenters. The highest BCUT2D eigenvalue weighted by Gasteiger charge is 2.37. The molecule has 0 aromatic rings. The van der Waals surface area contributed by atoms with Gasteiger partial charge in [-0.1, -0.05) is 13.8 Å². The van der Waals surface area contributed by atoms with Crippen molar-refractivity contribution in [2.75, 3.05) is 13.7 Å². The number of hydrogen-bond acceptors (Lipinski definition) is 6. The average molecular weight is 429 g/mol. The van der Waals surface area contributed by atoms with Crippen molar-refractivity contribution in [1.29, 1.82) is 0 Å². The molecule has 1 heterocycles. The molecular formula is C20H36N4O6. The Balaban J connectivity index is 2.61. The lowest BCUT2D eigenvalue weighted by molar-refractivity contribution is -0.143. The molecule has 0 saturated carbocycles. The number of likely N-dealkylation sites (tertiary alicyclic amines) is 1. The Morgan fingerprint density at radius 3 is 2.23 bits per heavy atom. The second kappa shape index (κ2) is 11.0. The van der Waals surface area contributed by atoms with Gasteiger partial charge in [0.15, 0.2) is 0 Å². The molecule has 10 nitrogen and oxygen atoms in total. The van der Waals surface area contributed by atoms with Gasteiger partial charge >= 0.3 is 18.1 Å². The van der Waals surface area contributed by atoms with Gasteiger partial charge in [0, 0.05) is 6.54 Å². The molecule has 3 N–H and O–H groups in total. The Morgan fingerprint density at radius 1 is 1.07 bits per heavy atom. The van der Waals surface area contributed by atoms with Crippen LogP contribution in [0.25, 0.3) is 0 Å². The molecule has 0 aliphatic carbocycles. The third kappa shape index (κ3) is 8.46. The summed E-state index contributed by atoms with van der Waals surface area (Å²) in [5, 5.41) is 7.82. The Hall–Kier alpha value is -2.52. The highest BCUT2D eigenvalue weighted by molar-refractivity contribution is 5.87. The van der Waals surface area contributed by atoms with Crippen molar-refractivity contribution in [2.24, 2.45) is 5.92 Å². The number of nitrogens with zero attached hydrogens (tertiary/aromatic N) is 1. The number of carbonyl (C=O) groups is 4. The van der Waals surface area contributed by atoms with E-state index in [1.54, 1.807) is 27.7 Å². The fourth-order valence-corrected chi connectivity index (χ4v) is 3.15. The van der Waals surface area contributed by atoms with Crippen LogP contribution in [0.15, 0.2) is 0 Å². The van der Waals surface area contributed by atoms with E-state index in [-0.39, 0.29) is 11.8 Å². The molecule has 1 rings (SSSR count). The van der Waals surface area contributed by atoms with Crippen molar-refractivity contribution in [3.05, 3.63) is 0 Å². The van der Waals surface area contributed by atoms with Crippen LogP contribution in [-0.2, 0) is 19.1 Å². The van der Waals surface area contributed by atoms with Crippen LogP contribution in [0, 0.1) is 5.92 Å². The van der Waals surface area contributed by atoms with Crippen LogP contribution < -0.4 is 16.0 Å². The van der Waals surface area contributed by atoms with Gasteiger partial charge in [-0.25, -0.2) is 14.4 Å². The quantitative estimate of drug-likeness (QED) is 0.419. The van der Waals surface area contributed by atoms with E-state index in [4.69, 9.17) is 9.47 Å². The van der Waals surface area contributed by atoms with Gasteiger partial charge < -0.3 is 25.4 Å². The topological polar surface area (TPSA) is 126 Å². The predicted octanol–water partition coefficient (Wildman–Crippen LogP) is 1.74. The highest BCUT2D eigenvalue weighted by atomic mass is 16.6. The van der Waals surface area contributed by atoms with Crippen LogP contribution in [0.3, 0.4) is 0 Å². The maximum Gasteiger partial charge on any atom is 0.410 e. The zero-order chi connectivity index (χ0) is 23.1. The van der Waals surface area contributed by atoms with Crippen LogP contribution in [0.2, 0.25) is 0 Å². The third-order valence-corrected chi connectivity index (χ3v) is 4.39. The number of urea groups is 1. The molecule has 1 aliphatic heterocycles. The van der Waals surface area contributed by atoms with Crippen molar-refractivity contribution in [2.45, 2.75) is 84.7 Å². The molecule has 0 bridgehead atoms. The summed E-state index contributed by atoms with van der Waals surface area (Å²) in [6.07, 6.45) is 0.385. The zero-order valence-corrected chi connectivity index (χ0v) is 19.0. The molecule has 1 fully saturated rings. The molecule has 30 heavy (non-hydrogen) atoms. The Labute approximate surface area is 178 Å². The van der Waals surface area contributed by atoms with Gasteiger partial charge in [-0.3, -0.25) is 9.69 Å². The van der Waals surface area contributed by atoms with E-state index in [2.05, 4.69) is 16.0 Å². The van der Waals surface area contributed by atoms with Gasteiger partial charge in [0.1, 0.15) is 23.9 Å². The minimum absolute atomic E-state index is 0.174. The summed E-state index contributed by atoms with van der Waals surface area (Å²) in [5.74, 6) is -0.736. The monoisotopic (exact) mass is 428 g/mol. The lowest BCUT2D eigenvalue weighted by Crippen LogP contribution is -2.56. The first kappa shape index (κ1) is 25.5. The summed E-state index contributed by atoms with van der Waals surface area (Å²) in [6.45, 7) is 11.2. The maximum atomic E-state index is 12.6. The van der Waals surface area contributed by atoms with Gasteiger partial charge in [-0.15, -0.1) is 0 Å². The van der Waals surface area contributed by atoms with E-state index in [1.165, 1.54) is 12.0 Å². The zero-order valence-electron chi connectivity index (χ0n) is 19.0.